The number of hydrogen-bond donors (Lipinski definition) is 1. The van der Waals surface area contributed by atoms with Gasteiger partial charge in [-0.25, -0.2) is 10.2 Å². The molecule has 0 radical (unpaired) electrons. The summed E-state index contributed by atoms with van der Waals surface area (Å²) in [6.07, 6.45) is 1.49. The molecule has 0 aromatic heterocycles. The van der Waals surface area contributed by atoms with Crippen molar-refractivity contribution in [3.63, 3.8) is 0 Å². The number of ketones is 2. The molecule has 6 nitrogen and oxygen atoms in total. The number of hydrazine groups is 1. The molecule has 0 bridgehead atoms. The molecule has 0 unspecified atom stereocenters. The van der Waals surface area contributed by atoms with E-state index < -0.39 is 11.7 Å². The molecule has 1 amide bonds. The Morgan fingerprint density at radius 1 is 1.25 bits per heavy atom. The minimum Gasteiger partial charge on any atom is -0.443 e. The second kappa shape index (κ2) is 7.36. The average molecular weight is 338 g/mol. The molecule has 24 heavy (non-hydrogen) atoms. The Morgan fingerprint density at radius 2 is 1.75 bits per heavy atom. The molecule has 0 aromatic rings. The van der Waals surface area contributed by atoms with E-state index in [1.54, 1.807) is 20.8 Å². The van der Waals surface area contributed by atoms with Gasteiger partial charge in [-0.05, 0) is 32.1 Å². The number of nitrogens with zero attached hydrogens (tertiary/aromatic N) is 1. The van der Waals surface area contributed by atoms with Crippen LogP contribution in [0.4, 0.5) is 4.79 Å². The second-order valence-electron chi connectivity index (χ2n) is 8.57. The zero-order chi connectivity index (χ0) is 18.7. The molecular weight excluding hydrogens is 308 g/mol. The Hall–Kier alpha value is -1.85. The summed E-state index contributed by atoms with van der Waals surface area (Å²) in [7, 11) is 0. The van der Waals surface area contributed by atoms with E-state index in [1.807, 2.05) is 27.7 Å². The van der Waals surface area contributed by atoms with E-state index in [0.29, 0.717) is 19.4 Å². The van der Waals surface area contributed by atoms with Crippen molar-refractivity contribution in [2.75, 3.05) is 6.54 Å². The largest absolute Gasteiger partial charge is 0.443 e. The highest BCUT2D eigenvalue weighted by atomic mass is 16.6. The molecule has 1 aliphatic rings. The third kappa shape index (κ3) is 6.72. The summed E-state index contributed by atoms with van der Waals surface area (Å²) in [4.78, 5) is 36.6. The number of hydrogen-bond acceptors (Lipinski definition) is 5. The molecule has 0 aliphatic heterocycles. The SMILES string of the molecule is CC(C)CN(C=C1C(=O)CC(C)(C)CC1=O)NC(=O)OC(C)(C)C. The second-order valence-corrected chi connectivity index (χ2v) is 8.57. The lowest BCUT2D eigenvalue weighted by atomic mass is 9.74. The van der Waals surface area contributed by atoms with Crippen LogP contribution in [0.1, 0.15) is 61.3 Å². The molecule has 0 atom stereocenters. The van der Waals surface area contributed by atoms with Crippen molar-refractivity contribution in [1.82, 2.24) is 10.4 Å². The number of allylic oxidation sites excluding steroid dienone is 1. The van der Waals surface area contributed by atoms with Crippen molar-refractivity contribution in [1.29, 1.82) is 0 Å². The predicted molar refractivity (Wildman–Crippen MR) is 92.0 cm³/mol. The van der Waals surface area contributed by atoms with Gasteiger partial charge >= 0.3 is 6.09 Å². The zero-order valence-electron chi connectivity index (χ0n) is 15.9. The first-order valence-corrected chi connectivity index (χ1v) is 8.33. The van der Waals surface area contributed by atoms with E-state index in [2.05, 4.69) is 5.43 Å². The van der Waals surface area contributed by atoms with Gasteiger partial charge in [0, 0.05) is 25.6 Å². The molecule has 6 heteroatoms. The standard InChI is InChI=1S/C18H30N2O4/c1-12(2)10-20(19-16(23)24-17(3,4)5)11-13-14(21)8-18(6,7)9-15(13)22/h11-12H,8-10H2,1-7H3,(H,19,23). The fourth-order valence-electron chi connectivity index (χ4n) is 2.52. The van der Waals surface area contributed by atoms with Crippen LogP contribution in [-0.4, -0.2) is 34.8 Å². The van der Waals surface area contributed by atoms with E-state index in [9.17, 15) is 14.4 Å². The van der Waals surface area contributed by atoms with E-state index in [-0.39, 0.29) is 28.5 Å². The van der Waals surface area contributed by atoms with Crippen molar-refractivity contribution in [2.24, 2.45) is 11.3 Å². The van der Waals surface area contributed by atoms with Crippen LogP contribution in [0, 0.1) is 11.3 Å². The summed E-state index contributed by atoms with van der Waals surface area (Å²) in [6, 6.07) is 0. The van der Waals surface area contributed by atoms with Crippen molar-refractivity contribution in [3.05, 3.63) is 11.8 Å². The van der Waals surface area contributed by atoms with Crippen LogP contribution in [0.2, 0.25) is 0 Å². The van der Waals surface area contributed by atoms with Gasteiger partial charge in [0.25, 0.3) is 0 Å². The fourth-order valence-corrected chi connectivity index (χ4v) is 2.52. The lowest BCUT2D eigenvalue weighted by molar-refractivity contribution is -0.127. The van der Waals surface area contributed by atoms with Crippen LogP contribution >= 0.6 is 0 Å². The number of carbonyl (C=O) groups is 3. The molecule has 0 saturated heterocycles. The third-order valence-corrected chi connectivity index (χ3v) is 3.36. The fraction of sp³-hybridized carbons (Fsp3) is 0.722. The van der Waals surface area contributed by atoms with Gasteiger partial charge < -0.3 is 4.74 Å². The minimum absolute atomic E-state index is 0.144. The summed E-state index contributed by atoms with van der Waals surface area (Å²) in [6.45, 7) is 13.6. The quantitative estimate of drug-likeness (QED) is 0.484. The van der Waals surface area contributed by atoms with Gasteiger partial charge in [-0.2, -0.15) is 0 Å². The summed E-state index contributed by atoms with van der Waals surface area (Å²) in [5.41, 5.74) is 1.81. The van der Waals surface area contributed by atoms with Crippen LogP contribution < -0.4 is 5.43 Å². The highest BCUT2D eigenvalue weighted by Gasteiger charge is 2.36. The van der Waals surface area contributed by atoms with Gasteiger partial charge in [-0.1, -0.05) is 27.7 Å². The van der Waals surface area contributed by atoms with Gasteiger partial charge in [0.15, 0.2) is 11.6 Å². The predicted octanol–water partition coefficient (Wildman–Crippen LogP) is 3.23. The normalized spacial score (nSPS) is 17.8. The van der Waals surface area contributed by atoms with Crippen molar-refractivity contribution >= 4 is 17.7 Å². The number of Topliss-reactive ketones (excluding diaryl/α,β-unsaturated/α-hetero) is 2. The lowest BCUT2D eigenvalue weighted by Crippen LogP contribution is -2.44. The summed E-state index contributed by atoms with van der Waals surface area (Å²) < 4.78 is 5.23. The smallest absolute Gasteiger partial charge is 0.426 e. The molecule has 1 aliphatic carbocycles. The molecule has 1 saturated carbocycles. The summed E-state index contributed by atoms with van der Waals surface area (Å²) in [5, 5.41) is 1.47. The van der Waals surface area contributed by atoms with Crippen LogP contribution in [0.5, 0.6) is 0 Å². The molecule has 0 heterocycles. The van der Waals surface area contributed by atoms with Gasteiger partial charge in [0.05, 0.1) is 5.57 Å². The summed E-state index contributed by atoms with van der Waals surface area (Å²) in [5.74, 6) is -0.144. The van der Waals surface area contributed by atoms with Crippen LogP contribution in [0.3, 0.4) is 0 Å². The summed E-state index contributed by atoms with van der Waals surface area (Å²) >= 11 is 0. The first kappa shape index (κ1) is 20.2. The topological polar surface area (TPSA) is 75.7 Å². The maximum absolute atomic E-state index is 12.3. The Labute approximate surface area is 144 Å². The van der Waals surface area contributed by atoms with Crippen LogP contribution in [-0.2, 0) is 14.3 Å². The van der Waals surface area contributed by atoms with E-state index in [4.69, 9.17) is 4.74 Å². The molecule has 136 valence electrons. The molecule has 1 rings (SSSR count). The highest BCUT2D eigenvalue weighted by molar-refractivity contribution is 6.22. The minimum atomic E-state index is -0.624. The van der Waals surface area contributed by atoms with Gasteiger partial charge in [-0.3, -0.25) is 14.6 Å². The number of nitrogens with one attached hydrogen (secondary N) is 1. The van der Waals surface area contributed by atoms with Crippen LogP contribution in [0.15, 0.2) is 11.8 Å². The van der Waals surface area contributed by atoms with Gasteiger partial charge in [-0.15, -0.1) is 0 Å². The number of ether oxygens (including phenoxy) is 1. The highest BCUT2D eigenvalue weighted by Crippen LogP contribution is 2.33. The van der Waals surface area contributed by atoms with Gasteiger partial charge in [0.1, 0.15) is 5.60 Å². The van der Waals surface area contributed by atoms with E-state index in [1.165, 1.54) is 11.2 Å². The number of carbonyl (C=O) groups excluding carboxylic acids is 3. The van der Waals surface area contributed by atoms with Crippen molar-refractivity contribution < 1.29 is 19.1 Å². The molecule has 1 fully saturated rings. The maximum atomic E-state index is 12.3. The molecule has 0 spiro atoms. The zero-order valence-corrected chi connectivity index (χ0v) is 15.9. The van der Waals surface area contributed by atoms with Crippen LogP contribution in [0.25, 0.3) is 0 Å². The van der Waals surface area contributed by atoms with Crippen molar-refractivity contribution in [3.8, 4) is 0 Å². The first-order chi connectivity index (χ1) is 10.8. The monoisotopic (exact) mass is 338 g/mol. The molecule has 1 N–H and O–H groups in total. The Kier molecular flexibility index (Phi) is 6.20. The Morgan fingerprint density at radius 3 is 2.17 bits per heavy atom. The van der Waals surface area contributed by atoms with Gasteiger partial charge in [0.2, 0.25) is 0 Å². The average Bonchev–Trinajstić information content (AvgIpc) is 2.28. The number of rotatable bonds is 4. The Balaban J connectivity index is 2.94. The molecule has 0 aromatic carbocycles. The third-order valence-electron chi connectivity index (χ3n) is 3.36. The number of amides is 1. The van der Waals surface area contributed by atoms with Crippen molar-refractivity contribution in [2.45, 2.75) is 66.9 Å². The Bertz CT molecular complexity index is 520. The van der Waals surface area contributed by atoms with E-state index >= 15 is 0 Å². The lowest BCUT2D eigenvalue weighted by Gasteiger charge is -2.31. The molecular formula is C18H30N2O4. The maximum Gasteiger partial charge on any atom is 0.426 e. The van der Waals surface area contributed by atoms with E-state index in [0.717, 1.165) is 0 Å². The first-order valence-electron chi connectivity index (χ1n) is 8.33.